The summed E-state index contributed by atoms with van der Waals surface area (Å²) >= 11 is -2.33. The molecule has 0 radical (unpaired) electrons. The SMILES string of the molecule is O=S([O-])CC1CCCC1(F)F.[Na+]. The van der Waals surface area contributed by atoms with Gasteiger partial charge < -0.3 is 4.55 Å². The molecular formula is C6H9F2NaO2S. The quantitative estimate of drug-likeness (QED) is 0.399. The molecule has 1 rings (SSSR count). The molecule has 6 heteroatoms. The van der Waals surface area contributed by atoms with Crippen LogP contribution in [0.1, 0.15) is 19.3 Å². The first-order chi connectivity index (χ1) is 5.02. The maximum atomic E-state index is 12.7. The molecule has 0 bridgehead atoms. The average molecular weight is 206 g/mol. The molecule has 1 fully saturated rings. The van der Waals surface area contributed by atoms with Gasteiger partial charge in [0.2, 0.25) is 0 Å². The normalized spacial score (nSPS) is 29.4. The molecule has 12 heavy (non-hydrogen) atoms. The van der Waals surface area contributed by atoms with Crippen molar-refractivity contribution in [2.45, 2.75) is 25.2 Å². The van der Waals surface area contributed by atoms with Gasteiger partial charge in [-0.1, -0.05) is 11.1 Å². The molecular weight excluding hydrogens is 197 g/mol. The van der Waals surface area contributed by atoms with Crippen LogP contribution in [0.3, 0.4) is 0 Å². The monoisotopic (exact) mass is 206 g/mol. The number of rotatable bonds is 2. The van der Waals surface area contributed by atoms with Crippen molar-refractivity contribution in [3.05, 3.63) is 0 Å². The molecule has 0 aromatic heterocycles. The second-order valence-corrected chi connectivity index (χ2v) is 3.76. The molecule has 0 aromatic carbocycles. The maximum absolute atomic E-state index is 12.7. The van der Waals surface area contributed by atoms with Gasteiger partial charge >= 0.3 is 29.6 Å². The Morgan fingerprint density at radius 1 is 1.58 bits per heavy atom. The fraction of sp³-hybridized carbons (Fsp3) is 1.00. The largest absolute Gasteiger partial charge is 1.00 e. The molecule has 1 saturated carbocycles. The van der Waals surface area contributed by atoms with Gasteiger partial charge in [-0.15, -0.1) is 0 Å². The number of halogens is 2. The third-order valence-electron chi connectivity index (χ3n) is 2.00. The Morgan fingerprint density at radius 2 is 2.17 bits per heavy atom. The Hall–Kier alpha value is 0.970. The third-order valence-corrected chi connectivity index (χ3v) is 2.67. The van der Waals surface area contributed by atoms with Crippen molar-refractivity contribution < 1.29 is 47.1 Å². The molecule has 2 nitrogen and oxygen atoms in total. The first kappa shape index (κ1) is 13.0. The maximum Gasteiger partial charge on any atom is 1.00 e. The van der Waals surface area contributed by atoms with Crippen LogP contribution in [0.4, 0.5) is 8.78 Å². The van der Waals surface area contributed by atoms with E-state index in [9.17, 15) is 17.5 Å². The molecule has 0 saturated heterocycles. The molecule has 0 heterocycles. The first-order valence-electron chi connectivity index (χ1n) is 3.46. The Morgan fingerprint density at radius 3 is 2.50 bits per heavy atom. The van der Waals surface area contributed by atoms with Crippen molar-refractivity contribution in [2.75, 3.05) is 5.75 Å². The Kier molecular flexibility index (Phi) is 5.41. The van der Waals surface area contributed by atoms with Crippen molar-refractivity contribution in [3.8, 4) is 0 Å². The minimum atomic E-state index is -2.75. The van der Waals surface area contributed by atoms with Crippen molar-refractivity contribution in [2.24, 2.45) is 5.92 Å². The van der Waals surface area contributed by atoms with Gasteiger partial charge in [0, 0.05) is 18.1 Å². The smallest absolute Gasteiger partial charge is 0.772 e. The zero-order valence-corrected chi connectivity index (χ0v) is 9.70. The number of alkyl halides is 2. The van der Waals surface area contributed by atoms with E-state index >= 15 is 0 Å². The van der Waals surface area contributed by atoms with Crippen molar-refractivity contribution in [1.82, 2.24) is 0 Å². The molecule has 2 unspecified atom stereocenters. The summed E-state index contributed by atoms with van der Waals surface area (Å²) in [6, 6.07) is 0. The van der Waals surface area contributed by atoms with Crippen LogP contribution in [-0.2, 0) is 11.1 Å². The van der Waals surface area contributed by atoms with Gasteiger partial charge in [0.15, 0.2) is 0 Å². The van der Waals surface area contributed by atoms with Crippen LogP contribution in [0, 0.1) is 5.92 Å². The molecule has 0 aliphatic heterocycles. The second kappa shape index (κ2) is 5.00. The predicted molar refractivity (Wildman–Crippen MR) is 36.1 cm³/mol. The molecule has 2 atom stereocenters. The second-order valence-electron chi connectivity index (χ2n) is 2.82. The van der Waals surface area contributed by atoms with Crippen molar-refractivity contribution in [3.63, 3.8) is 0 Å². The van der Waals surface area contributed by atoms with E-state index in [4.69, 9.17) is 0 Å². The molecule has 0 spiro atoms. The fourth-order valence-corrected chi connectivity index (χ4v) is 2.11. The van der Waals surface area contributed by atoms with E-state index in [2.05, 4.69) is 0 Å². The van der Waals surface area contributed by atoms with Crippen molar-refractivity contribution in [1.29, 1.82) is 0 Å². The predicted octanol–water partition coefficient (Wildman–Crippen LogP) is -1.70. The van der Waals surface area contributed by atoms with E-state index < -0.39 is 28.7 Å². The van der Waals surface area contributed by atoms with Crippen LogP contribution in [-0.4, -0.2) is 20.4 Å². The van der Waals surface area contributed by atoms with E-state index in [1.54, 1.807) is 0 Å². The van der Waals surface area contributed by atoms with E-state index in [0.717, 1.165) is 0 Å². The first-order valence-corrected chi connectivity index (χ1v) is 4.70. The molecule has 66 valence electrons. The summed E-state index contributed by atoms with van der Waals surface area (Å²) in [4.78, 5) is 0. The van der Waals surface area contributed by atoms with Gasteiger partial charge in [0.1, 0.15) is 0 Å². The summed E-state index contributed by atoms with van der Waals surface area (Å²) in [5, 5.41) is 0. The van der Waals surface area contributed by atoms with Gasteiger partial charge in [-0.3, -0.25) is 4.21 Å². The number of hydrogen-bond donors (Lipinski definition) is 0. The Balaban J connectivity index is 0.00000121. The average Bonchev–Trinajstić information content (AvgIpc) is 2.10. The fourth-order valence-electron chi connectivity index (χ4n) is 1.37. The zero-order valence-electron chi connectivity index (χ0n) is 6.89. The Labute approximate surface area is 94.7 Å². The summed E-state index contributed by atoms with van der Waals surface area (Å²) in [6.07, 6.45) is 0.616. The van der Waals surface area contributed by atoms with Crippen molar-refractivity contribution >= 4 is 11.1 Å². The molecule has 1 aliphatic rings. The Bertz CT molecular complexity index is 177. The molecule has 0 amide bonds. The van der Waals surface area contributed by atoms with Gasteiger partial charge in [0.25, 0.3) is 5.92 Å². The van der Waals surface area contributed by atoms with Crippen LogP contribution in [0.15, 0.2) is 0 Å². The van der Waals surface area contributed by atoms with Crippen LogP contribution in [0.2, 0.25) is 0 Å². The third kappa shape index (κ3) is 3.38. The number of hydrogen-bond acceptors (Lipinski definition) is 2. The van der Waals surface area contributed by atoms with Gasteiger partial charge in [-0.25, -0.2) is 8.78 Å². The summed E-state index contributed by atoms with van der Waals surface area (Å²) in [6.45, 7) is 0. The van der Waals surface area contributed by atoms with Gasteiger partial charge in [-0.2, -0.15) is 0 Å². The molecule has 0 aromatic rings. The van der Waals surface area contributed by atoms with E-state index in [0.29, 0.717) is 12.8 Å². The van der Waals surface area contributed by atoms with Crippen LogP contribution in [0.5, 0.6) is 0 Å². The minimum absolute atomic E-state index is 0. The van der Waals surface area contributed by atoms with Crippen LogP contribution in [0.25, 0.3) is 0 Å². The standard InChI is InChI=1S/C6H10F2O2S.Na/c7-6(8)3-1-2-5(6)4-11(9)10;/h5H,1-4H2,(H,9,10);/q;+1/p-1. The zero-order chi connectivity index (χ0) is 8.48. The van der Waals surface area contributed by atoms with E-state index in [1.807, 2.05) is 0 Å². The minimum Gasteiger partial charge on any atom is -0.772 e. The van der Waals surface area contributed by atoms with E-state index in [-0.39, 0.29) is 36.0 Å². The summed E-state index contributed by atoms with van der Waals surface area (Å²) < 4.78 is 45.6. The summed E-state index contributed by atoms with van der Waals surface area (Å²) in [5.41, 5.74) is 0. The van der Waals surface area contributed by atoms with Crippen LogP contribution >= 0.6 is 0 Å². The van der Waals surface area contributed by atoms with E-state index in [1.165, 1.54) is 0 Å². The molecule has 1 aliphatic carbocycles. The molecule has 0 N–H and O–H groups in total. The summed E-state index contributed by atoms with van der Waals surface area (Å²) in [5.74, 6) is -4.09. The topological polar surface area (TPSA) is 40.1 Å². The van der Waals surface area contributed by atoms with Gasteiger partial charge in [0.05, 0.1) is 0 Å². The van der Waals surface area contributed by atoms with Gasteiger partial charge in [-0.05, 0) is 12.8 Å². The van der Waals surface area contributed by atoms with Crippen LogP contribution < -0.4 is 29.6 Å². The summed E-state index contributed by atoms with van der Waals surface area (Å²) in [7, 11) is 0.